The number of nitrogen functional groups attached to an aromatic ring is 1. The second-order valence-electron chi connectivity index (χ2n) is 7.87. The monoisotopic (exact) mass is 447 g/mol. The van der Waals surface area contributed by atoms with Gasteiger partial charge in [-0.3, -0.25) is 9.78 Å². The first kappa shape index (κ1) is 20.8. The Morgan fingerprint density at radius 2 is 1.91 bits per heavy atom. The van der Waals surface area contributed by atoms with Crippen molar-refractivity contribution in [2.75, 3.05) is 49.2 Å². The van der Waals surface area contributed by atoms with Crippen molar-refractivity contribution < 1.29 is 9.18 Å². The van der Waals surface area contributed by atoms with E-state index in [1.807, 2.05) is 12.1 Å². The van der Waals surface area contributed by atoms with Crippen molar-refractivity contribution in [2.45, 2.75) is 0 Å². The number of carbonyl (C=O) groups excluding carboxylic acids is 1. The Morgan fingerprint density at radius 1 is 1.09 bits per heavy atom. The van der Waals surface area contributed by atoms with Crippen LogP contribution in [-0.2, 0) is 0 Å². The summed E-state index contributed by atoms with van der Waals surface area (Å²) in [4.78, 5) is 30.3. The first-order valence-electron chi connectivity index (χ1n) is 10.4. The molecule has 1 amide bonds. The zero-order chi connectivity index (χ0) is 22.9. The van der Waals surface area contributed by atoms with E-state index in [1.165, 1.54) is 0 Å². The van der Waals surface area contributed by atoms with Crippen LogP contribution in [0.3, 0.4) is 0 Å². The van der Waals surface area contributed by atoms with Crippen LogP contribution < -0.4 is 16.0 Å². The van der Waals surface area contributed by atoms with Gasteiger partial charge in [0.2, 0.25) is 0 Å². The standard InChI is InChI=1S/C22H22FN9O/c1-30-6-8-31(9-7-30)18-3-2-14(10-26-18)16-4-5-25-12-17(16)28-22(33)19-20(24)29-32-13-15(23)11-27-21(19)32/h2-5,10-13H,6-9H2,1H3,(H2,24,29)(H,28,33). The van der Waals surface area contributed by atoms with Gasteiger partial charge < -0.3 is 20.9 Å². The molecule has 168 valence electrons. The lowest BCUT2D eigenvalue weighted by Crippen LogP contribution is -2.44. The molecule has 1 aliphatic rings. The van der Waals surface area contributed by atoms with Crippen LogP contribution in [0.2, 0.25) is 0 Å². The van der Waals surface area contributed by atoms with Gasteiger partial charge >= 0.3 is 0 Å². The van der Waals surface area contributed by atoms with Crippen molar-refractivity contribution in [3.63, 3.8) is 0 Å². The van der Waals surface area contributed by atoms with E-state index in [1.54, 1.807) is 24.7 Å². The summed E-state index contributed by atoms with van der Waals surface area (Å²) in [6.45, 7) is 3.85. The van der Waals surface area contributed by atoms with E-state index in [0.717, 1.165) is 60.0 Å². The third-order valence-electron chi connectivity index (χ3n) is 5.65. The minimum atomic E-state index is -0.584. The smallest absolute Gasteiger partial charge is 0.263 e. The highest BCUT2D eigenvalue weighted by Gasteiger charge is 2.21. The molecule has 1 fully saturated rings. The Kier molecular flexibility index (Phi) is 5.31. The second kappa shape index (κ2) is 8.43. The SMILES string of the molecule is CN1CCN(c2ccc(-c3ccncc3NC(=O)c3c(N)nn4cc(F)cnc34)cn2)CC1. The van der Waals surface area contributed by atoms with Gasteiger partial charge in [0.05, 0.1) is 24.3 Å². The molecule has 11 heteroatoms. The number of anilines is 3. The van der Waals surface area contributed by atoms with Gasteiger partial charge in [-0.25, -0.2) is 18.9 Å². The molecular formula is C22H22FN9O. The van der Waals surface area contributed by atoms with E-state index in [2.05, 4.69) is 42.2 Å². The Balaban J connectivity index is 1.41. The van der Waals surface area contributed by atoms with Crippen LogP contribution in [0.25, 0.3) is 16.8 Å². The largest absolute Gasteiger partial charge is 0.381 e. The van der Waals surface area contributed by atoms with Crippen LogP contribution in [0, 0.1) is 5.82 Å². The van der Waals surface area contributed by atoms with E-state index in [0.29, 0.717) is 5.69 Å². The van der Waals surface area contributed by atoms with Crippen LogP contribution in [0.5, 0.6) is 0 Å². The summed E-state index contributed by atoms with van der Waals surface area (Å²) in [5, 5.41) is 6.80. The second-order valence-corrected chi connectivity index (χ2v) is 7.87. The number of carbonyl (C=O) groups is 1. The molecular weight excluding hydrogens is 425 g/mol. The molecule has 0 aliphatic carbocycles. The number of pyridine rings is 2. The van der Waals surface area contributed by atoms with Crippen molar-refractivity contribution in [1.29, 1.82) is 0 Å². The molecule has 0 aromatic carbocycles. The van der Waals surface area contributed by atoms with E-state index in [-0.39, 0.29) is 17.0 Å². The topological polar surface area (TPSA) is 118 Å². The number of rotatable bonds is 4. The average Bonchev–Trinajstić information content (AvgIpc) is 3.15. The lowest BCUT2D eigenvalue weighted by atomic mass is 10.1. The summed E-state index contributed by atoms with van der Waals surface area (Å²) in [6, 6.07) is 5.75. The Labute approximate surface area is 188 Å². The number of fused-ring (bicyclic) bond motifs is 1. The lowest BCUT2D eigenvalue weighted by Gasteiger charge is -2.33. The molecule has 0 saturated carbocycles. The lowest BCUT2D eigenvalue weighted by molar-refractivity contribution is 0.102. The minimum Gasteiger partial charge on any atom is -0.381 e. The maximum Gasteiger partial charge on any atom is 0.263 e. The Bertz CT molecular complexity index is 1310. The molecule has 33 heavy (non-hydrogen) atoms. The van der Waals surface area contributed by atoms with Crippen LogP contribution in [0.15, 0.2) is 49.2 Å². The molecule has 4 aromatic rings. The first-order chi connectivity index (χ1) is 16.0. The molecule has 0 radical (unpaired) electrons. The van der Waals surface area contributed by atoms with E-state index in [9.17, 15) is 9.18 Å². The highest BCUT2D eigenvalue weighted by Crippen LogP contribution is 2.29. The minimum absolute atomic E-state index is 0.0470. The maximum absolute atomic E-state index is 13.4. The summed E-state index contributed by atoms with van der Waals surface area (Å²) < 4.78 is 14.6. The van der Waals surface area contributed by atoms with E-state index < -0.39 is 11.7 Å². The summed E-state index contributed by atoms with van der Waals surface area (Å²) in [5.41, 5.74) is 8.21. The van der Waals surface area contributed by atoms with Gasteiger partial charge in [0, 0.05) is 49.7 Å². The quantitative estimate of drug-likeness (QED) is 0.487. The van der Waals surface area contributed by atoms with Crippen molar-refractivity contribution in [2.24, 2.45) is 0 Å². The summed E-state index contributed by atoms with van der Waals surface area (Å²) in [7, 11) is 2.11. The fraction of sp³-hybridized carbons (Fsp3) is 0.227. The molecule has 1 saturated heterocycles. The summed E-state index contributed by atoms with van der Waals surface area (Å²) >= 11 is 0. The van der Waals surface area contributed by atoms with Crippen LogP contribution in [0.4, 0.5) is 21.7 Å². The predicted octanol–water partition coefficient (Wildman–Crippen LogP) is 1.91. The Morgan fingerprint density at radius 3 is 2.67 bits per heavy atom. The van der Waals surface area contributed by atoms with E-state index >= 15 is 0 Å². The molecule has 0 spiro atoms. The number of halogens is 1. The van der Waals surface area contributed by atoms with Gasteiger partial charge in [-0.15, -0.1) is 5.10 Å². The van der Waals surface area contributed by atoms with Gasteiger partial charge in [0.15, 0.2) is 17.3 Å². The number of likely N-dealkylation sites (N-methyl/N-ethyl adjacent to an activating group) is 1. The van der Waals surface area contributed by atoms with Crippen LogP contribution in [0.1, 0.15) is 10.4 Å². The van der Waals surface area contributed by atoms with Gasteiger partial charge in [-0.2, -0.15) is 0 Å². The molecule has 5 heterocycles. The first-order valence-corrected chi connectivity index (χ1v) is 10.4. The highest BCUT2D eigenvalue weighted by atomic mass is 19.1. The van der Waals surface area contributed by atoms with Gasteiger partial charge in [-0.1, -0.05) is 0 Å². The number of piperazine rings is 1. The summed E-state index contributed by atoms with van der Waals surface area (Å²) in [5.74, 6) is -0.227. The van der Waals surface area contributed by atoms with Crippen molar-refractivity contribution in [1.82, 2.24) is 29.5 Å². The average molecular weight is 447 g/mol. The number of hydrogen-bond acceptors (Lipinski definition) is 8. The molecule has 3 N–H and O–H groups in total. The zero-order valence-electron chi connectivity index (χ0n) is 17.9. The number of nitrogens with two attached hydrogens (primary N) is 1. The zero-order valence-corrected chi connectivity index (χ0v) is 17.9. The van der Waals surface area contributed by atoms with Crippen LogP contribution in [-0.4, -0.2) is 68.6 Å². The number of amides is 1. The molecule has 4 aromatic heterocycles. The third-order valence-corrected chi connectivity index (χ3v) is 5.65. The summed E-state index contributed by atoms with van der Waals surface area (Å²) in [6.07, 6.45) is 7.10. The van der Waals surface area contributed by atoms with E-state index in [4.69, 9.17) is 5.73 Å². The Hall–Kier alpha value is -4.12. The maximum atomic E-state index is 13.4. The normalized spacial score (nSPS) is 14.5. The highest BCUT2D eigenvalue weighted by molar-refractivity contribution is 6.12. The number of nitrogens with zero attached hydrogens (tertiary/aromatic N) is 7. The molecule has 0 bridgehead atoms. The van der Waals surface area contributed by atoms with Gasteiger partial charge in [0.1, 0.15) is 11.4 Å². The van der Waals surface area contributed by atoms with Crippen molar-refractivity contribution in [3.8, 4) is 11.1 Å². The van der Waals surface area contributed by atoms with Crippen molar-refractivity contribution in [3.05, 3.63) is 60.6 Å². The van der Waals surface area contributed by atoms with Gasteiger partial charge in [0.25, 0.3) is 5.91 Å². The molecule has 0 atom stereocenters. The van der Waals surface area contributed by atoms with Crippen molar-refractivity contribution >= 4 is 28.9 Å². The number of hydrogen-bond donors (Lipinski definition) is 2. The number of aromatic nitrogens is 5. The fourth-order valence-electron chi connectivity index (χ4n) is 3.85. The molecule has 0 unspecified atom stereocenters. The molecule has 1 aliphatic heterocycles. The predicted molar refractivity (Wildman–Crippen MR) is 122 cm³/mol. The molecule has 10 nitrogen and oxygen atoms in total. The van der Waals surface area contributed by atoms with Gasteiger partial charge in [-0.05, 0) is 25.2 Å². The molecule has 5 rings (SSSR count). The number of nitrogens with one attached hydrogen (secondary N) is 1. The van der Waals surface area contributed by atoms with Crippen LogP contribution >= 0.6 is 0 Å². The fourth-order valence-corrected chi connectivity index (χ4v) is 3.85. The third kappa shape index (κ3) is 4.05.